The summed E-state index contributed by atoms with van der Waals surface area (Å²) < 4.78 is 29.3. The van der Waals surface area contributed by atoms with Crippen LogP contribution in [-0.4, -0.2) is 126 Å². The Morgan fingerprint density at radius 2 is 1.59 bits per heavy atom. The molecule has 1 saturated heterocycles. The number of allylic oxidation sites excluding steroid dienone is 3. The highest BCUT2D eigenvalue weighted by molar-refractivity contribution is 6.39. The van der Waals surface area contributed by atoms with Crippen LogP contribution in [0.3, 0.4) is 0 Å². The van der Waals surface area contributed by atoms with Gasteiger partial charge in [-0.2, -0.15) is 0 Å². The van der Waals surface area contributed by atoms with Crippen LogP contribution in [0.4, 0.5) is 0 Å². The van der Waals surface area contributed by atoms with E-state index in [1.54, 1.807) is 20.8 Å². The van der Waals surface area contributed by atoms with Gasteiger partial charge in [0.05, 0.1) is 30.5 Å². The number of amides is 1. The van der Waals surface area contributed by atoms with Crippen LogP contribution >= 0.6 is 0 Å². The average Bonchev–Trinajstić information content (AvgIpc) is 3.17. The topological polar surface area (TPSA) is 224 Å². The number of nitrogens with one attached hydrogen (secondary N) is 1. The summed E-state index contributed by atoms with van der Waals surface area (Å²) in [6.45, 7) is 10.8. The van der Waals surface area contributed by atoms with Crippen LogP contribution < -0.4 is 5.32 Å². The summed E-state index contributed by atoms with van der Waals surface area (Å²) in [5.74, 6) is -9.99. The number of aliphatic hydroxyl groups is 3. The maximum Gasteiger partial charge on any atom is 0.329 e. The van der Waals surface area contributed by atoms with E-state index in [0.717, 1.165) is 5.57 Å². The first-order valence-electron chi connectivity index (χ1n) is 20.8. The van der Waals surface area contributed by atoms with E-state index in [9.17, 15) is 44.4 Å². The number of hydrogen-bond acceptors (Lipinski definition) is 13. The number of ether oxygens (including phenoxy) is 5. The second kappa shape index (κ2) is 22.5. The third-order valence-electron chi connectivity index (χ3n) is 12.3. The molecule has 1 saturated carbocycles. The number of aliphatic hydroxyl groups excluding tert-OH is 2. The number of Topliss-reactive ketones (excluding diaryl/α,β-unsaturated/α-hetero) is 2. The number of ketones is 2. The van der Waals surface area contributed by atoms with Gasteiger partial charge in [0.1, 0.15) is 24.0 Å². The van der Waals surface area contributed by atoms with Crippen LogP contribution in [-0.2, 0) is 47.7 Å². The fourth-order valence-corrected chi connectivity index (χ4v) is 8.78. The molecule has 15 nitrogen and oxygen atoms in total. The molecule has 0 spiro atoms. The second-order valence-electron chi connectivity index (χ2n) is 17.0. The molecule has 2 heterocycles. The lowest BCUT2D eigenvalue weighted by Crippen LogP contribution is -2.63. The maximum atomic E-state index is 14.2. The number of rotatable bonds is 10. The summed E-state index contributed by atoms with van der Waals surface area (Å²) >= 11 is 0. The van der Waals surface area contributed by atoms with Crippen LogP contribution in [0.1, 0.15) is 112 Å². The third kappa shape index (κ3) is 13.0. The van der Waals surface area contributed by atoms with Gasteiger partial charge >= 0.3 is 11.9 Å². The van der Waals surface area contributed by atoms with E-state index in [1.165, 1.54) is 21.3 Å². The van der Waals surface area contributed by atoms with Gasteiger partial charge in [-0.05, 0) is 89.0 Å². The highest BCUT2D eigenvalue weighted by Gasteiger charge is 2.55. The molecule has 0 unspecified atom stereocenters. The van der Waals surface area contributed by atoms with Crippen molar-refractivity contribution in [2.24, 2.45) is 29.6 Å². The Kier molecular flexibility index (Phi) is 19.1. The summed E-state index contributed by atoms with van der Waals surface area (Å²) in [7, 11) is 4.49. The second-order valence-corrected chi connectivity index (χ2v) is 17.0. The average molecular weight is 824 g/mol. The molecule has 0 aromatic rings. The van der Waals surface area contributed by atoms with Crippen molar-refractivity contribution in [2.75, 3.05) is 21.3 Å². The van der Waals surface area contributed by atoms with Crippen LogP contribution in [0.25, 0.3) is 0 Å². The third-order valence-corrected chi connectivity index (χ3v) is 12.3. The van der Waals surface area contributed by atoms with E-state index >= 15 is 0 Å². The van der Waals surface area contributed by atoms with E-state index in [1.807, 2.05) is 32.9 Å². The number of carbonyl (C=O) groups is 5. The number of fused-ring (bicyclic) bond motifs is 2. The summed E-state index contributed by atoms with van der Waals surface area (Å²) in [6, 6.07) is -1.54. The van der Waals surface area contributed by atoms with Gasteiger partial charge in [0.25, 0.3) is 11.7 Å². The van der Waals surface area contributed by atoms with Gasteiger partial charge < -0.3 is 49.4 Å². The van der Waals surface area contributed by atoms with Crippen molar-refractivity contribution in [3.8, 4) is 0 Å². The van der Waals surface area contributed by atoms with Crippen molar-refractivity contribution in [2.45, 2.75) is 167 Å². The summed E-state index contributed by atoms with van der Waals surface area (Å²) in [4.78, 5) is 67.1. The van der Waals surface area contributed by atoms with E-state index < -0.39 is 95.9 Å². The zero-order valence-electron chi connectivity index (χ0n) is 35.8. The minimum Gasteiger partial charge on any atom is -0.481 e. The van der Waals surface area contributed by atoms with Crippen LogP contribution in [0.5, 0.6) is 0 Å². The molecular weight excluding hydrogens is 754 g/mol. The zero-order chi connectivity index (χ0) is 43.5. The highest BCUT2D eigenvalue weighted by Crippen LogP contribution is 2.38. The molecule has 15 heteroatoms. The van der Waals surface area contributed by atoms with Crippen molar-refractivity contribution in [1.82, 2.24) is 5.32 Å². The SMILES string of the molecule is CC[C@@H]1/C=C(\C)C[C@H](C)C[C@H](OC)[C@H]2O[C@@](O)(C(=O)C(=O)N[C@@H](CCCC(=O)O)C(=O)O[C@H](/C(C)=C/[C@@H]3CC[C@@H](O)[C@H](OC)C3)[C@H](C)[C@@H](O)CC1=O)[C@H](C)C[C@@H]2OC. The van der Waals surface area contributed by atoms with Crippen molar-refractivity contribution in [3.05, 3.63) is 23.3 Å². The molecule has 0 radical (unpaired) electrons. The van der Waals surface area contributed by atoms with Gasteiger partial charge in [0.15, 0.2) is 0 Å². The molecule has 0 aromatic carbocycles. The monoisotopic (exact) mass is 823 g/mol. The maximum absolute atomic E-state index is 14.2. The highest BCUT2D eigenvalue weighted by atomic mass is 16.7. The normalized spacial score (nSPS) is 39.1. The number of aliphatic carboxylic acids is 1. The van der Waals surface area contributed by atoms with Crippen molar-refractivity contribution in [1.29, 1.82) is 0 Å². The smallest absolute Gasteiger partial charge is 0.329 e. The predicted octanol–water partition coefficient (Wildman–Crippen LogP) is 3.83. The number of carboxylic acids is 1. The Hall–Kier alpha value is -3.05. The first-order valence-corrected chi connectivity index (χ1v) is 20.8. The Morgan fingerprint density at radius 3 is 2.19 bits per heavy atom. The molecule has 58 heavy (non-hydrogen) atoms. The quantitative estimate of drug-likeness (QED) is 0.120. The molecule has 330 valence electrons. The number of hydrogen-bond donors (Lipinski definition) is 5. The molecule has 3 aliphatic rings. The van der Waals surface area contributed by atoms with E-state index in [4.69, 9.17) is 23.7 Å². The molecular formula is C43H69NO14. The molecule has 5 N–H and O–H groups in total. The standard InChI is InChI=1S/C43H69NO14/c1-10-29-17-23(2)16-24(3)18-35(55-8)39-36(56-9)20-26(5)43(53,58-39)40(50)41(51)44-30(12-11-13-37(48)49)42(52)57-38(27(6)32(46)22-33(29)47)25(4)19-28-14-15-31(45)34(21-28)54-7/h17,19,24,26-32,34-36,38-39,45-46,53H,10-16,18,20-22H2,1-9H3,(H,44,51)(H,48,49)/b23-17+,25-19+/t24-,26+,27+,28-,29+,30-,31+,32-,34+,35-,36-,38+,39+,43+/m0/s1. The summed E-state index contributed by atoms with van der Waals surface area (Å²) in [5.41, 5.74) is 1.50. The van der Waals surface area contributed by atoms with Crippen molar-refractivity contribution < 1.29 is 68.1 Å². The number of carboxylic acid groups (broad SMARTS) is 1. The van der Waals surface area contributed by atoms with Gasteiger partial charge in [0, 0.05) is 51.9 Å². The Bertz CT molecular complexity index is 1480. The molecule has 1 amide bonds. The molecule has 2 aliphatic heterocycles. The van der Waals surface area contributed by atoms with Crippen molar-refractivity contribution in [3.63, 3.8) is 0 Å². The molecule has 2 bridgehead atoms. The predicted molar refractivity (Wildman–Crippen MR) is 212 cm³/mol. The van der Waals surface area contributed by atoms with E-state index in [0.29, 0.717) is 44.1 Å². The van der Waals surface area contributed by atoms with Crippen LogP contribution in [0.15, 0.2) is 23.3 Å². The summed E-state index contributed by atoms with van der Waals surface area (Å²) in [6.07, 6.45) is 0.469. The van der Waals surface area contributed by atoms with Gasteiger partial charge in [-0.1, -0.05) is 45.4 Å². The lowest BCUT2D eigenvalue weighted by atomic mass is 9.81. The molecule has 14 atom stereocenters. The fraction of sp³-hybridized carbons (Fsp3) is 0.791. The lowest BCUT2D eigenvalue weighted by Gasteiger charge is -2.46. The molecule has 2 fully saturated rings. The van der Waals surface area contributed by atoms with E-state index in [-0.39, 0.29) is 49.7 Å². The van der Waals surface area contributed by atoms with Crippen molar-refractivity contribution >= 4 is 29.4 Å². The minimum absolute atomic E-state index is 0.0158. The van der Waals surface area contributed by atoms with Gasteiger partial charge in [0.2, 0.25) is 5.79 Å². The summed E-state index contributed by atoms with van der Waals surface area (Å²) in [5, 5.41) is 45.6. The lowest BCUT2D eigenvalue weighted by molar-refractivity contribution is -0.302. The number of cyclic esters (lactones) is 1. The Balaban J connectivity index is 2.12. The van der Waals surface area contributed by atoms with E-state index in [2.05, 4.69) is 5.32 Å². The zero-order valence-corrected chi connectivity index (χ0v) is 35.8. The van der Waals surface area contributed by atoms with Crippen LogP contribution in [0, 0.1) is 29.6 Å². The molecule has 1 aliphatic carbocycles. The Labute approximate surface area is 343 Å². The largest absolute Gasteiger partial charge is 0.481 e. The van der Waals surface area contributed by atoms with Crippen LogP contribution in [0.2, 0.25) is 0 Å². The van der Waals surface area contributed by atoms with Gasteiger partial charge in [-0.15, -0.1) is 0 Å². The molecule has 3 rings (SSSR count). The minimum atomic E-state index is -2.63. The first-order chi connectivity index (χ1) is 27.3. The van der Waals surface area contributed by atoms with Gasteiger partial charge in [-0.3, -0.25) is 19.2 Å². The van der Waals surface area contributed by atoms with Gasteiger partial charge in [-0.25, -0.2) is 4.79 Å². The molecule has 0 aromatic heterocycles. The Morgan fingerprint density at radius 1 is 0.948 bits per heavy atom. The number of carbonyl (C=O) groups excluding carboxylic acids is 4. The fourth-order valence-electron chi connectivity index (χ4n) is 8.78. The first kappa shape index (κ1) is 49.3. The number of esters is 1. The number of methoxy groups -OCH3 is 3.